The highest BCUT2D eigenvalue weighted by molar-refractivity contribution is 6.31. The summed E-state index contributed by atoms with van der Waals surface area (Å²) in [5.41, 5.74) is 0.797. The number of hydrogen-bond donors (Lipinski definition) is 0. The largest absolute Gasteiger partial charge is 0.300 e. The van der Waals surface area contributed by atoms with Crippen molar-refractivity contribution < 1.29 is 14.4 Å². The molecule has 2 aromatic carbocycles. The van der Waals surface area contributed by atoms with Crippen LogP contribution >= 0.6 is 23.2 Å². The van der Waals surface area contributed by atoms with Gasteiger partial charge < -0.3 is 4.79 Å². The molecule has 0 aromatic heterocycles. The summed E-state index contributed by atoms with van der Waals surface area (Å²) in [5.74, 6) is -1.59. The van der Waals surface area contributed by atoms with Crippen LogP contribution in [0.2, 0.25) is 10.0 Å². The second-order valence-electron chi connectivity index (χ2n) is 5.54. The van der Waals surface area contributed by atoms with Crippen LogP contribution in [0.5, 0.6) is 0 Å². The monoisotopic (exact) mass is 362 g/mol. The highest BCUT2D eigenvalue weighted by Crippen LogP contribution is 2.22. The predicted octanol–water partition coefficient (Wildman–Crippen LogP) is 5.04. The van der Waals surface area contributed by atoms with Crippen LogP contribution in [-0.4, -0.2) is 17.3 Å². The Balaban J connectivity index is 2.30. The van der Waals surface area contributed by atoms with Crippen molar-refractivity contribution in [2.75, 3.05) is 0 Å². The molecule has 3 nitrogen and oxygen atoms in total. The summed E-state index contributed by atoms with van der Waals surface area (Å²) >= 11 is 11.7. The number of Topliss-reactive ketones (excluding diaryl/α,β-unsaturated/α-hetero) is 3. The van der Waals surface area contributed by atoms with Gasteiger partial charge in [0.2, 0.25) is 0 Å². The van der Waals surface area contributed by atoms with E-state index in [1.54, 1.807) is 48.5 Å². The minimum atomic E-state index is -0.906. The molecule has 124 valence electrons. The van der Waals surface area contributed by atoms with Crippen molar-refractivity contribution in [3.63, 3.8) is 0 Å². The Kier molecular flexibility index (Phi) is 6.29. The van der Waals surface area contributed by atoms with Crippen LogP contribution in [0.4, 0.5) is 0 Å². The molecule has 0 radical (unpaired) electrons. The molecule has 0 atom stereocenters. The molecule has 0 amide bonds. The number of carbonyl (C=O) groups is 3. The first-order chi connectivity index (χ1) is 11.4. The number of halogens is 2. The van der Waals surface area contributed by atoms with Gasteiger partial charge in [-0.05, 0) is 61.9 Å². The lowest BCUT2D eigenvalue weighted by molar-refractivity contribution is -0.117. The number of carbonyl (C=O) groups excluding carboxylic acids is 3. The molecule has 0 saturated carbocycles. The molecule has 0 fully saturated rings. The van der Waals surface area contributed by atoms with Crippen LogP contribution in [0.3, 0.4) is 0 Å². The Labute approximate surface area is 150 Å². The Morgan fingerprint density at radius 1 is 0.792 bits per heavy atom. The molecule has 0 N–H and O–H groups in total. The third kappa shape index (κ3) is 4.76. The van der Waals surface area contributed by atoms with Crippen LogP contribution in [0.15, 0.2) is 48.5 Å². The average Bonchev–Trinajstić information content (AvgIpc) is 2.55. The molecule has 2 aromatic rings. The highest BCUT2D eigenvalue weighted by Gasteiger charge is 2.28. The summed E-state index contributed by atoms with van der Waals surface area (Å²) in [6.07, 6.45) is 0.349. The van der Waals surface area contributed by atoms with E-state index >= 15 is 0 Å². The van der Waals surface area contributed by atoms with Crippen LogP contribution in [0.25, 0.3) is 0 Å². The van der Waals surface area contributed by atoms with Crippen molar-refractivity contribution in [1.82, 2.24) is 0 Å². The smallest absolute Gasteiger partial charge is 0.173 e. The maximum atomic E-state index is 12.7. The number of rotatable bonds is 7. The standard InChI is InChI=1S/C19H16Cl2O3/c1-12(22)2-11-17(18(23)13-3-7-15(20)8-4-13)19(24)14-5-9-16(21)10-6-14/h3-10,17H,2,11H2,1H3. The first kappa shape index (κ1) is 18.4. The van der Waals surface area contributed by atoms with Gasteiger partial charge in [0.15, 0.2) is 11.6 Å². The van der Waals surface area contributed by atoms with E-state index < -0.39 is 5.92 Å². The average molecular weight is 363 g/mol. The van der Waals surface area contributed by atoms with Crippen LogP contribution in [-0.2, 0) is 4.79 Å². The van der Waals surface area contributed by atoms with Crippen molar-refractivity contribution in [3.05, 3.63) is 69.7 Å². The van der Waals surface area contributed by atoms with E-state index in [0.29, 0.717) is 21.2 Å². The lowest BCUT2D eigenvalue weighted by atomic mass is 9.86. The quantitative estimate of drug-likeness (QED) is 0.511. The van der Waals surface area contributed by atoms with Gasteiger partial charge in [0.1, 0.15) is 5.78 Å². The van der Waals surface area contributed by atoms with Crippen molar-refractivity contribution in [2.45, 2.75) is 19.8 Å². The topological polar surface area (TPSA) is 51.2 Å². The molecule has 0 heterocycles. The first-order valence-electron chi connectivity index (χ1n) is 7.47. The maximum absolute atomic E-state index is 12.7. The van der Waals surface area contributed by atoms with Gasteiger partial charge in [0.25, 0.3) is 0 Å². The maximum Gasteiger partial charge on any atom is 0.173 e. The molecule has 5 heteroatoms. The van der Waals surface area contributed by atoms with E-state index in [1.807, 2.05) is 0 Å². The molecule has 24 heavy (non-hydrogen) atoms. The van der Waals surface area contributed by atoms with Gasteiger partial charge in [-0.15, -0.1) is 0 Å². The third-order valence-electron chi connectivity index (χ3n) is 3.68. The first-order valence-corrected chi connectivity index (χ1v) is 8.23. The Bertz CT molecular complexity index is 692. The van der Waals surface area contributed by atoms with Gasteiger partial charge in [0, 0.05) is 27.6 Å². The van der Waals surface area contributed by atoms with Crippen molar-refractivity contribution in [2.24, 2.45) is 5.92 Å². The molecule has 0 unspecified atom stereocenters. The second kappa shape index (κ2) is 8.22. The zero-order valence-corrected chi connectivity index (χ0v) is 14.6. The Morgan fingerprint density at radius 3 is 1.50 bits per heavy atom. The predicted molar refractivity (Wildman–Crippen MR) is 95.0 cm³/mol. The van der Waals surface area contributed by atoms with E-state index in [2.05, 4.69) is 0 Å². The lowest BCUT2D eigenvalue weighted by Gasteiger charge is -2.14. The van der Waals surface area contributed by atoms with Crippen LogP contribution in [0, 0.1) is 5.92 Å². The molecule has 0 bridgehead atoms. The second-order valence-corrected chi connectivity index (χ2v) is 6.41. The van der Waals surface area contributed by atoms with Gasteiger partial charge in [0.05, 0.1) is 5.92 Å². The molecule has 0 saturated heterocycles. The van der Waals surface area contributed by atoms with Crippen molar-refractivity contribution in [1.29, 1.82) is 0 Å². The number of hydrogen-bond acceptors (Lipinski definition) is 3. The Hall–Kier alpha value is -1.97. The molecular formula is C19H16Cl2O3. The fourth-order valence-electron chi connectivity index (χ4n) is 2.36. The van der Waals surface area contributed by atoms with Crippen LogP contribution < -0.4 is 0 Å². The van der Waals surface area contributed by atoms with Gasteiger partial charge in [-0.25, -0.2) is 0 Å². The summed E-state index contributed by atoms with van der Waals surface area (Å²) in [4.78, 5) is 36.8. The molecule has 0 aliphatic carbocycles. The minimum absolute atomic E-state index is 0.0622. The molecule has 2 rings (SSSR count). The Morgan fingerprint density at radius 2 is 1.17 bits per heavy atom. The molecule has 0 spiro atoms. The number of benzene rings is 2. The summed E-state index contributed by atoms with van der Waals surface area (Å²) in [6, 6.07) is 12.7. The van der Waals surface area contributed by atoms with Gasteiger partial charge in [-0.3, -0.25) is 9.59 Å². The van der Waals surface area contributed by atoms with Crippen molar-refractivity contribution >= 4 is 40.6 Å². The van der Waals surface area contributed by atoms with E-state index in [0.717, 1.165) is 0 Å². The fraction of sp³-hybridized carbons (Fsp3) is 0.211. The van der Waals surface area contributed by atoms with Gasteiger partial charge in [-0.2, -0.15) is 0 Å². The van der Waals surface area contributed by atoms with Crippen molar-refractivity contribution in [3.8, 4) is 0 Å². The SMILES string of the molecule is CC(=O)CCC(C(=O)c1ccc(Cl)cc1)C(=O)c1ccc(Cl)cc1. The van der Waals surface area contributed by atoms with Crippen LogP contribution in [0.1, 0.15) is 40.5 Å². The normalized spacial score (nSPS) is 10.7. The summed E-state index contributed by atoms with van der Waals surface area (Å²) in [7, 11) is 0. The molecular weight excluding hydrogens is 347 g/mol. The molecule has 0 aliphatic heterocycles. The van der Waals surface area contributed by atoms with E-state index in [-0.39, 0.29) is 30.2 Å². The van der Waals surface area contributed by atoms with E-state index in [4.69, 9.17) is 23.2 Å². The summed E-state index contributed by atoms with van der Waals surface area (Å²) < 4.78 is 0. The number of ketones is 3. The third-order valence-corrected chi connectivity index (χ3v) is 4.18. The van der Waals surface area contributed by atoms with Gasteiger partial charge in [-0.1, -0.05) is 23.2 Å². The lowest BCUT2D eigenvalue weighted by Crippen LogP contribution is -2.25. The summed E-state index contributed by atoms with van der Waals surface area (Å²) in [5, 5.41) is 1.02. The zero-order valence-electron chi connectivity index (χ0n) is 13.1. The van der Waals surface area contributed by atoms with E-state index in [1.165, 1.54) is 6.92 Å². The molecule has 0 aliphatic rings. The van der Waals surface area contributed by atoms with E-state index in [9.17, 15) is 14.4 Å². The summed E-state index contributed by atoms with van der Waals surface area (Å²) in [6.45, 7) is 1.44. The minimum Gasteiger partial charge on any atom is -0.300 e. The zero-order chi connectivity index (χ0) is 17.7. The fourth-order valence-corrected chi connectivity index (χ4v) is 2.61. The van der Waals surface area contributed by atoms with Gasteiger partial charge >= 0.3 is 0 Å². The highest BCUT2D eigenvalue weighted by atomic mass is 35.5.